The summed E-state index contributed by atoms with van der Waals surface area (Å²) in [4.78, 5) is 8.08. The van der Waals surface area contributed by atoms with Crippen LogP contribution in [0.1, 0.15) is 47.2 Å². The summed E-state index contributed by atoms with van der Waals surface area (Å²) in [6.07, 6.45) is 5.13. The Morgan fingerprint density at radius 1 is 0.781 bits per heavy atom. The number of aromatic nitrogens is 8. The molecule has 0 amide bonds. The zero-order chi connectivity index (χ0) is 22.8. The number of halogens is 1. The second-order valence-corrected chi connectivity index (χ2v) is 7.80. The first kappa shape index (κ1) is 26.7. The van der Waals surface area contributed by atoms with E-state index < -0.39 is 0 Å². The molecule has 4 N–H and O–H groups in total. The van der Waals surface area contributed by atoms with Crippen LogP contribution in [-0.4, -0.2) is 39.5 Å². The maximum absolute atomic E-state index is 5.62. The van der Waals surface area contributed by atoms with Gasteiger partial charge in [-0.25, -0.2) is 9.97 Å². The van der Waals surface area contributed by atoms with Gasteiger partial charge in [-0.15, -0.1) is 20.4 Å². The number of nitrogens with two attached hydrogens (primary N) is 2. The summed E-state index contributed by atoms with van der Waals surface area (Å²) < 4.78 is 4.68. The highest BCUT2D eigenvalue weighted by Gasteiger charge is 2.10. The van der Waals surface area contributed by atoms with Gasteiger partial charge in [0.1, 0.15) is 40.9 Å². The van der Waals surface area contributed by atoms with Gasteiger partial charge in [0.05, 0.1) is 0 Å². The van der Waals surface area contributed by atoms with Crippen molar-refractivity contribution in [3.05, 3.63) is 60.0 Å². The smallest absolute Gasteiger partial charge is 0.182 e. The molecule has 32 heavy (non-hydrogen) atoms. The fraction of sp³-hybridized carbons (Fsp3) is 0.333. The van der Waals surface area contributed by atoms with Gasteiger partial charge in [-0.3, -0.25) is 0 Å². The van der Waals surface area contributed by atoms with Crippen molar-refractivity contribution >= 4 is 27.6 Å². The summed E-state index contributed by atoms with van der Waals surface area (Å²) in [5, 5.41) is 15.2. The average Bonchev–Trinajstić information content (AvgIpc) is 3.41. The molecule has 0 radical (unpaired) electrons. The van der Waals surface area contributed by atoms with Crippen LogP contribution < -0.4 is 11.5 Å². The molecule has 0 atom stereocenters. The third kappa shape index (κ3) is 8.42. The number of hydrogen-bond acceptors (Lipinski definition) is 8. The zero-order valence-corrected chi connectivity index (χ0v) is 19.5. The molecule has 0 spiro atoms. The number of hydrogen-bond donors (Lipinski definition) is 2. The second kappa shape index (κ2) is 13.2. The van der Waals surface area contributed by atoms with E-state index in [2.05, 4.69) is 74.0 Å². The van der Waals surface area contributed by atoms with Crippen molar-refractivity contribution < 1.29 is 0 Å². The van der Waals surface area contributed by atoms with Gasteiger partial charge in [0, 0.05) is 12.1 Å². The summed E-state index contributed by atoms with van der Waals surface area (Å²) in [6, 6.07) is 11.7. The van der Waals surface area contributed by atoms with Gasteiger partial charge >= 0.3 is 0 Å². The molecule has 0 saturated carbocycles. The van der Waals surface area contributed by atoms with Crippen LogP contribution in [0.3, 0.4) is 0 Å². The summed E-state index contributed by atoms with van der Waals surface area (Å²) in [5.41, 5.74) is 11.7. The molecule has 4 heterocycles. The lowest BCUT2D eigenvalue weighted by molar-refractivity contribution is 0.597. The normalized spacial score (nSPS) is 9.97. The first-order valence-corrected chi connectivity index (χ1v) is 10.4. The Morgan fingerprint density at radius 3 is 1.81 bits per heavy atom. The van der Waals surface area contributed by atoms with Crippen LogP contribution in [0, 0.1) is 0 Å². The monoisotopic (exact) mass is 502 g/mol. The van der Waals surface area contributed by atoms with Crippen LogP contribution in [0.4, 0.5) is 11.6 Å². The van der Waals surface area contributed by atoms with Crippen molar-refractivity contribution in [1.82, 2.24) is 39.5 Å². The van der Waals surface area contributed by atoms with Gasteiger partial charge in [-0.05, 0) is 67.9 Å². The van der Waals surface area contributed by atoms with Gasteiger partial charge < -0.3 is 20.6 Å². The number of rotatable bonds is 3. The molecule has 172 valence electrons. The lowest BCUT2D eigenvalue weighted by Gasteiger charge is -2.09. The van der Waals surface area contributed by atoms with Gasteiger partial charge in [0.15, 0.2) is 5.82 Å². The first-order chi connectivity index (χ1) is 14.8. The Labute approximate surface area is 197 Å². The van der Waals surface area contributed by atoms with Crippen LogP contribution >= 0.6 is 15.9 Å². The Kier molecular flexibility index (Phi) is 11.0. The summed E-state index contributed by atoms with van der Waals surface area (Å²) in [6.45, 7) is 8.31. The van der Waals surface area contributed by atoms with E-state index >= 15 is 0 Å². The molecular formula is C21H31BrN10. The molecular weight excluding hydrogens is 472 g/mol. The molecule has 0 unspecified atom stereocenters. The van der Waals surface area contributed by atoms with E-state index in [1.165, 1.54) is 0 Å². The van der Waals surface area contributed by atoms with E-state index in [9.17, 15) is 0 Å². The average molecular weight is 503 g/mol. The van der Waals surface area contributed by atoms with Crippen molar-refractivity contribution in [2.75, 3.05) is 11.5 Å². The lowest BCUT2D eigenvalue weighted by atomic mass is 10.3. The fourth-order valence-corrected chi connectivity index (χ4v) is 2.64. The van der Waals surface area contributed by atoms with E-state index in [0.717, 1.165) is 16.1 Å². The topological polar surface area (TPSA) is 139 Å². The standard InChI is InChI=1S/C10H13N5.C5H5BrN2.C5H9N3.CH4/c1-7(2)15-6-12-14-10(15)8-4-3-5-9(11)13-8;6-4-2-1-3-5(7)8-4;1-5(2)8-3-6-7-4-8;/h3-7H,1-2H3,(H2,11,13);1-3H,(H2,7,8);3-5H,1-2H3;1H4. The molecule has 11 heteroatoms. The van der Waals surface area contributed by atoms with E-state index in [1.54, 1.807) is 31.1 Å². The van der Waals surface area contributed by atoms with E-state index in [4.69, 9.17) is 11.5 Å². The van der Waals surface area contributed by atoms with Crippen LogP contribution in [0.5, 0.6) is 0 Å². The molecule has 0 bridgehead atoms. The largest absolute Gasteiger partial charge is 0.384 e. The minimum absolute atomic E-state index is 0. The van der Waals surface area contributed by atoms with Gasteiger partial charge in [0.2, 0.25) is 0 Å². The van der Waals surface area contributed by atoms with Crippen LogP contribution in [0.25, 0.3) is 11.5 Å². The Hall–Kier alpha value is -3.34. The molecule has 0 fully saturated rings. The van der Waals surface area contributed by atoms with E-state index in [-0.39, 0.29) is 7.43 Å². The SMILES string of the molecule is C.CC(C)n1cnnc1.CC(C)n1cnnc1-c1cccc(N)n1.Nc1cccc(Br)n1. The van der Waals surface area contributed by atoms with Crippen molar-refractivity contribution in [3.8, 4) is 11.5 Å². The van der Waals surface area contributed by atoms with Crippen LogP contribution in [0.15, 0.2) is 60.0 Å². The highest BCUT2D eigenvalue weighted by molar-refractivity contribution is 9.10. The minimum atomic E-state index is 0. The summed E-state index contributed by atoms with van der Waals surface area (Å²) in [5.74, 6) is 1.78. The molecule has 0 saturated heterocycles. The van der Waals surface area contributed by atoms with Crippen LogP contribution in [-0.2, 0) is 0 Å². The third-order valence-electron chi connectivity index (χ3n) is 3.90. The lowest BCUT2D eigenvalue weighted by Crippen LogP contribution is -2.03. The molecule has 4 aromatic rings. The Balaban J connectivity index is 0.000000257. The third-order valence-corrected chi connectivity index (χ3v) is 4.34. The Morgan fingerprint density at radius 2 is 1.38 bits per heavy atom. The quantitative estimate of drug-likeness (QED) is 0.392. The number of anilines is 2. The van der Waals surface area contributed by atoms with Crippen molar-refractivity contribution in [3.63, 3.8) is 0 Å². The molecule has 0 aromatic carbocycles. The zero-order valence-electron chi connectivity index (χ0n) is 18.0. The first-order valence-electron chi connectivity index (χ1n) is 9.62. The maximum atomic E-state index is 5.62. The molecule has 4 aromatic heterocycles. The second-order valence-electron chi connectivity index (χ2n) is 6.99. The predicted octanol–water partition coefficient (Wildman–Crippen LogP) is 4.42. The summed E-state index contributed by atoms with van der Waals surface area (Å²) in [7, 11) is 0. The van der Waals surface area contributed by atoms with Gasteiger partial charge in [-0.2, -0.15) is 0 Å². The molecule has 4 rings (SSSR count). The Bertz CT molecular complexity index is 1030. The number of pyridine rings is 2. The number of nitrogens with zero attached hydrogens (tertiary/aromatic N) is 8. The van der Waals surface area contributed by atoms with E-state index in [1.807, 2.05) is 33.4 Å². The van der Waals surface area contributed by atoms with Crippen molar-refractivity contribution in [2.45, 2.75) is 47.2 Å². The number of nitrogen functional groups attached to an aromatic ring is 2. The van der Waals surface area contributed by atoms with Gasteiger partial charge in [0.25, 0.3) is 0 Å². The summed E-state index contributed by atoms with van der Waals surface area (Å²) >= 11 is 3.17. The minimum Gasteiger partial charge on any atom is -0.384 e. The van der Waals surface area contributed by atoms with Gasteiger partial charge in [-0.1, -0.05) is 19.6 Å². The molecule has 0 aliphatic carbocycles. The molecule has 0 aliphatic heterocycles. The van der Waals surface area contributed by atoms with Crippen LogP contribution in [0.2, 0.25) is 0 Å². The van der Waals surface area contributed by atoms with E-state index in [0.29, 0.717) is 23.7 Å². The fourth-order valence-electron chi connectivity index (χ4n) is 2.28. The molecule has 10 nitrogen and oxygen atoms in total. The highest BCUT2D eigenvalue weighted by atomic mass is 79.9. The molecule has 0 aliphatic rings. The van der Waals surface area contributed by atoms with Crippen molar-refractivity contribution in [2.24, 2.45) is 0 Å². The predicted molar refractivity (Wildman–Crippen MR) is 132 cm³/mol. The maximum Gasteiger partial charge on any atom is 0.182 e. The highest BCUT2D eigenvalue weighted by Crippen LogP contribution is 2.18. The van der Waals surface area contributed by atoms with Crippen molar-refractivity contribution in [1.29, 1.82) is 0 Å².